The van der Waals surface area contributed by atoms with Crippen LogP contribution >= 0.6 is 11.3 Å². The van der Waals surface area contributed by atoms with E-state index in [1.165, 1.54) is 0 Å². The van der Waals surface area contributed by atoms with Gasteiger partial charge in [-0.15, -0.1) is 11.3 Å². The van der Waals surface area contributed by atoms with E-state index < -0.39 is 5.97 Å². The van der Waals surface area contributed by atoms with Gasteiger partial charge >= 0.3 is 5.97 Å². The summed E-state index contributed by atoms with van der Waals surface area (Å²) < 4.78 is 0. The molecule has 1 N–H and O–H groups in total. The minimum atomic E-state index is -0.746. The fourth-order valence-corrected chi connectivity index (χ4v) is 2.22. The third kappa shape index (κ3) is 2.80. The van der Waals surface area contributed by atoms with Crippen LogP contribution in [0.2, 0.25) is 0 Å². The quantitative estimate of drug-likeness (QED) is 0.836. The Morgan fingerprint density at radius 1 is 1.57 bits per heavy atom. The summed E-state index contributed by atoms with van der Waals surface area (Å²) in [7, 11) is 0. The number of hydrogen-bond donors (Lipinski definition) is 1. The third-order valence-electron chi connectivity index (χ3n) is 1.97. The smallest absolute Gasteiger partial charge is 0.303 e. The number of thiazole rings is 1. The molecule has 0 radical (unpaired) electrons. The van der Waals surface area contributed by atoms with Gasteiger partial charge in [0.05, 0.1) is 17.1 Å². The fraction of sp³-hybridized carbons (Fsp3) is 0.600. The molecule has 0 amide bonds. The van der Waals surface area contributed by atoms with Gasteiger partial charge in [0.1, 0.15) is 0 Å². The zero-order valence-electron chi connectivity index (χ0n) is 8.70. The van der Waals surface area contributed by atoms with Gasteiger partial charge in [-0.2, -0.15) is 0 Å². The summed E-state index contributed by atoms with van der Waals surface area (Å²) >= 11 is 1.64. The molecule has 0 atom stereocenters. The van der Waals surface area contributed by atoms with E-state index in [0.29, 0.717) is 12.3 Å². The van der Waals surface area contributed by atoms with Gasteiger partial charge in [-0.25, -0.2) is 4.98 Å². The van der Waals surface area contributed by atoms with Crippen LogP contribution in [0, 0.1) is 6.92 Å². The van der Waals surface area contributed by atoms with Gasteiger partial charge in [-0.3, -0.25) is 4.79 Å². The van der Waals surface area contributed by atoms with E-state index in [9.17, 15) is 4.79 Å². The molecule has 0 aromatic carbocycles. The van der Waals surface area contributed by atoms with E-state index in [1.54, 1.807) is 11.3 Å². The summed E-state index contributed by atoms with van der Waals surface area (Å²) in [5.74, 6) is -0.318. The van der Waals surface area contributed by atoms with Crippen LogP contribution in [0.5, 0.6) is 0 Å². The Hall–Kier alpha value is -0.900. The molecule has 1 aromatic rings. The highest BCUT2D eigenvalue weighted by Gasteiger charge is 2.11. The van der Waals surface area contributed by atoms with Crippen molar-refractivity contribution in [1.29, 1.82) is 0 Å². The van der Waals surface area contributed by atoms with E-state index in [1.807, 2.05) is 6.92 Å². The van der Waals surface area contributed by atoms with Crippen molar-refractivity contribution in [3.8, 4) is 0 Å². The van der Waals surface area contributed by atoms with Gasteiger partial charge in [0.25, 0.3) is 0 Å². The summed E-state index contributed by atoms with van der Waals surface area (Å²) in [5.41, 5.74) is 0.986. The van der Waals surface area contributed by atoms with Crippen LogP contribution in [0.15, 0.2) is 0 Å². The first kappa shape index (κ1) is 11.2. The molecule has 1 aromatic heterocycles. The van der Waals surface area contributed by atoms with Crippen molar-refractivity contribution in [2.24, 2.45) is 0 Å². The molecule has 0 saturated carbocycles. The third-order valence-corrected chi connectivity index (χ3v) is 3.49. The first-order valence-corrected chi connectivity index (χ1v) is 5.50. The van der Waals surface area contributed by atoms with Gasteiger partial charge in [0.2, 0.25) is 0 Å². The van der Waals surface area contributed by atoms with E-state index >= 15 is 0 Å². The van der Waals surface area contributed by atoms with Crippen LogP contribution in [0.1, 0.15) is 41.8 Å². The lowest BCUT2D eigenvalue weighted by Crippen LogP contribution is -1.96. The van der Waals surface area contributed by atoms with E-state index in [2.05, 4.69) is 18.8 Å². The van der Waals surface area contributed by atoms with Crippen LogP contribution in [0.4, 0.5) is 0 Å². The predicted molar refractivity (Wildman–Crippen MR) is 56.9 cm³/mol. The molecule has 78 valence electrons. The lowest BCUT2D eigenvalue weighted by molar-refractivity contribution is -0.136. The second-order valence-corrected chi connectivity index (χ2v) is 4.72. The topological polar surface area (TPSA) is 50.2 Å². The average Bonchev–Trinajstić information content (AvgIpc) is 2.43. The molecule has 0 spiro atoms. The van der Waals surface area contributed by atoms with Crippen LogP contribution in [-0.2, 0) is 11.2 Å². The Morgan fingerprint density at radius 3 is 2.64 bits per heavy atom. The van der Waals surface area contributed by atoms with Crippen LogP contribution in [0.3, 0.4) is 0 Å². The summed E-state index contributed by atoms with van der Waals surface area (Å²) in [6.45, 7) is 6.14. The number of rotatable bonds is 4. The summed E-state index contributed by atoms with van der Waals surface area (Å²) in [6, 6.07) is 0. The van der Waals surface area contributed by atoms with Gasteiger partial charge in [-0.1, -0.05) is 13.8 Å². The summed E-state index contributed by atoms with van der Waals surface area (Å²) in [5, 5.41) is 9.67. The normalized spacial score (nSPS) is 10.9. The Morgan fingerprint density at radius 2 is 2.21 bits per heavy atom. The molecule has 0 aliphatic heterocycles. The number of carboxylic acid groups (broad SMARTS) is 1. The van der Waals surface area contributed by atoms with Crippen molar-refractivity contribution < 1.29 is 9.90 Å². The minimum Gasteiger partial charge on any atom is -0.481 e. The lowest BCUT2D eigenvalue weighted by Gasteiger charge is -1.95. The standard InChI is InChI=1S/C10H15NO2S/c1-6(2)10-11-7(3)8(14-10)4-5-9(12)13/h6H,4-5H2,1-3H3,(H,12,13). The van der Waals surface area contributed by atoms with Gasteiger partial charge < -0.3 is 5.11 Å². The van der Waals surface area contributed by atoms with Crippen molar-refractivity contribution in [3.05, 3.63) is 15.6 Å². The second-order valence-electron chi connectivity index (χ2n) is 3.61. The molecular weight excluding hydrogens is 198 g/mol. The van der Waals surface area contributed by atoms with Crippen molar-refractivity contribution >= 4 is 17.3 Å². The molecule has 0 fully saturated rings. The SMILES string of the molecule is Cc1nc(C(C)C)sc1CCC(=O)O. The Kier molecular flexibility index (Phi) is 3.63. The van der Waals surface area contributed by atoms with Crippen molar-refractivity contribution in [2.75, 3.05) is 0 Å². The zero-order chi connectivity index (χ0) is 10.7. The maximum absolute atomic E-state index is 10.4. The molecule has 4 heteroatoms. The van der Waals surface area contributed by atoms with Crippen LogP contribution in [-0.4, -0.2) is 16.1 Å². The van der Waals surface area contributed by atoms with Crippen LogP contribution in [0.25, 0.3) is 0 Å². The molecule has 0 aliphatic carbocycles. The first-order valence-electron chi connectivity index (χ1n) is 4.68. The Labute approximate surface area is 87.8 Å². The van der Waals surface area contributed by atoms with E-state index in [-0.39, 0.29) is 6.42 Å². The zero-order valence-corrected chi connectivity index (χ0v) is 9.52. The average molecular weight is 213 g/mol. The minimum absolute atomic E-state index is 0.195. The molecule has 14 heavy (non-hydrogen) atoms. The number of aromatic nitrogens is 1. The fourth-order valence-electron chi connectivity index (χ4n) is 1.15. The van der Waals surface area contributed by atoms with Crippen molar-refractivity contribution in [1.82, 2.24) is 4.98 Å². The second kappa shape index (κ2) is 4.55. The Balaban J connectivity index is 2.72. The van der Waals surface area contributed by atoms with E-state index in [0.717, 1.165) is 15.6 Å². The van der Waals surface area contributed by atoms with Gasteiger partial charge in [0.15, 0.2) is 0 Å². The molecule has 1 heterocycles. The molecular formula is C10H15NO2S. The highest BCUT2D eigenvalue weighted by atomic mass is 32.1. The number of aliphatic carboxylic acids is 1. The highest BCUT2D eigenvalue weighted by Crippen LogP contribution is 2.25. The van der Waals surface area contributed by atoms with Crippen molar-refractivity contribution in [3.63, 3.8) is 0 Å². The Bertz CT molecular complexity index is 331. The molecule has 0 saturated heterocycles. The van der Waals surface area contributed by atoms with Gasteiger partial charge in [-0.05, 0) is 13.3 Å². The van der Waals surface area contributed by atoms with Gasteiger partial charge in [0, 0.05) is 10.8 Å². The molecule has 3 nitrogen and oxygen atoms in total. The maximum Gasteiger partial charge on any atom is 0.303 e. The molecule has 0 unspecified atom stereocenters. The number of carboxylic acids is 1. The van der Waals surface area contributed by atoms with Crippen LogP contribution < -0.4 is 0 Å². The number of carbonyl (C=O) groups is 1. The molecule has 0 bridgehead atoms. The van der Waals surface area contributed by atoms with E-state index in [4.69, 9.17) is 5.11 Å². The summed E-state index contributed by atoms with van der Waals surface area (Å²) in [4.78, 5) is 15.9. The highest BCUT2D eigenvalue weighted by molar-refractivity contribution is 7.11. The molecule has 1 rings (SSSR count). The number of aryl methyl sites for hydroxylation is 2. The summed E-state index contributed by atoms with van der Waals surface area (Å²) in [6.07, 6.45) is 0.798. The number of hydrogen-bond acceptors (Lipinski definition) is 3. The monoisotopic (exact) mass is 213 g/mol. The lowest BCUT2D eigenvalue weighted by atomic mass is 10.2. The largest absolute Gasteiger partial charge is 0.481 e. The molecule has 0 aliphatic rings. The first-order chi connectivity index (χ1) is 6.50. The van der Waals surface area contributed by atoms with Crippen molar-refractivity contribution in [2.45, 2.75) is 39.5 Å². The maximum atomic E-state index is 10.4. The predicted octanol–water partition coefficient (Wildman–Crippen LogP) is 2.59. The number of nitrogens with zero attached hydrogens (tertiary/aromatic N) is 1.